The van der Waals surface area contributed by atoms with Crippen LogP contribution < -0.4 is 0 Å². The standard InChI is InChI=1S/C13H20F2O4/c1-8(2)9(16)18-12(6,7)13(14,15)10(17)19-11(3,4)5/h1H2,2-7H3. The minimum absolute atomic E-state index is 0.0342. The van der Waals surface area contributed by atoms with Gasteiger partial charge in [-0.2, -0.15) is 8.78 Å². The van der Waals surface area contributed by atoms with Gasteiger partial charge >= 0.3 is 17.9 Å². The maximum atomic E-state index is 14.0. The third kappa shape index (κ3) is 4.61. The molecular weight excluding hydrogens is 258 g/mol. The van der Waals surface area contributed by atoms with E-state index in [1.165, 1.54) is 27.7 Å². The molecule has 19 heavy (non-hydrogen) atoms. The van der Waals surface area contributed by atoms with Crippen LogP contribution in [0.4, 0.5) is 8.78 Å². The summed E-state index contributed by atoms with van der Waals surface area (Å²) < 4.78 is 37.2. The average Bonchev–Trinajstić information content (AvgIpc) is 2.13. The molecule has 6 heteroatoms. The first kappa shape index (κ1) is 17.5. The summed E-state index contributed by atoms with van der Waals surface area (Å²) in [5.41, 5.74) is -3.42. The molecule has 0 radical (unpaired) electrons. The van der Waals surface area contributed by atoms with Gasteiger partial charge in [-0.05, 0) is 41.5 Å². The summed E-state index contributed by atoms with van der Waals surface area (Å²) in [6.45, 7) is 10.9. The molecule has 0 unspecified atom stereocenters. The lowest BCUT2D eigenvalue weighted by molar-refractivity contribution is -0.223. The van der Waals surface area contributed by atoms with Gasteiger partial charge in [0.2, 0.25) is 0 Å². The lowest BCUT2D eigenvalue weighted by Crippen LogP contribution is -2.54. The molecule has 0 atom stereocenters. The van der Waals surface area contributed by atoms with Crippen LogP contribution in [0.3, 0.4) is 0 Å². The van der Waals surface area contributed by atoms with E-state index in [0.29, 0.717) is 0 Å². The van der Waals surface area contributed by atoms with Crippen LogP contribution in [0.15, 0.2) is 12.2 Å². The van der Waals surface area contributed by atoms with Crippen LogP contribution in [0, 0.1) is 0 Å². The van der Waals surface area contributed by atoms with Crippen molar-refractivity contribution in [2.45, 2.75) is 58.7 Å². The Balaban J connectivity index is 5.11. The number of ether oxygens (including phenoxy) is 2. The molecule has 0 aliphatic carbocycles. The molecule has 0 spiro atoms. The van der Waals surface area contributed by atoms with Crippen LogP contribution in [0.25, 0.3) is 0 Å². The minimum Gasteiger partial charge on any atom is -0.455 e. The van der Waals surface area contributed by atoms with E-state index < -0.39 is 29.1 Å². The molecule has 0 rings (SSSR count). The number of alkyl halides is 2. The number of esters is 2. The summed E-state index contributed by atoms with van der Waals surface area (Å²) in [4.78, 5) is 22.8. The molecule has 0 N–H and O–H groups in total. The molecule has 0 fully saturated rings. The third-order valence-corrected chi connectivity index (χ3v) is 2.11. The fourth-order valence-corrected chi connectivity index (χ4v) is 0.971. The Bertz CT molecular complexity index is 392. The molecule has 0 saturated carbocycles. The van der Waals surface area contributed by atoms with Crippen molar-refractivity contribution >= 4 is 11.9 Å². The molecule has 4 nitrogen and oxygen atoms in total. The van der Waals surface area contributed by atoms with E-state index in [1.54, 1.807) is 0 Å². The summed E-state index contributed by atoms with van der Waals surface area (Å²) in [5, 5.41) is 0. The van der Waals surface area contributed by atoms with Crippen LogP contribution >= 0.6 is 0 Å². The van der Waals surface area contributed by atoms with Crippen LogP contribution in [-0.2, 0) is 19.1 Å². The number of carbonyl (C=O) groups is 2. The van der Waals surface area contributed by atoms with E-state index in [1.807, 2.05) is 0 Å². The molecule has 110 valence electrons. The zero-order chi connectivity index (χ0) is 15.6. The van der Waals surface area contributed by atoms with Crippen molar-refractivity contribution in [1.82, 2.24) is 0 Å². The second-order valence-electron chi connectivity index (χ2n) is 5.76. The molecule has 0 amide bonds. The van der Waals surface area contributed by atoms with Gasteiger partial charge < -0.3 is 9.47 Å². The quantitative estimate of drug-likeness (QED) is 0.586. The highest BCUT2D eigenvalue weighted by atomic mass is 19.3. The maximum absolute atomic E-state index is 14.0. The topological polar surface area (TPSA) is 52.6 Å². The predicted molar refractivity (Wildman–Crippen MR) is 65.8 cm³/mol. The average molecular weight is 278 g/mol. The number of halogens is 2. The number of hydrogen-bond donors (Lipinski definition) is 0. The maximum Gasteiger partial charge on any atom is 0.381 e. The first-order chi connectivity index (χ1) is 8.21. The van der Waals surface area contributed by atoms with E-state index in [4.69, 9.17) is 0 Å². The molecule has 0 aliphatic heterocycles. The molecule has 0 aromatic heterocycles. The van der Waals surface area contributed by atoms with Crippen molar-refractivity contribution in [3.63, 3.8) is 0 Å². The fraction of sp³-hybridized carbons (Fsp3) is 0.692. The van der Waals surface area contributed by atoms with Crippen LogP contribution in [0.1, 0.15) is 41.5 Å². The monoisotopic (exact) mass is 278 g/mol. The second kappa shape index (κ2) is 5.27. The van der Waals surface area contributed by atoms with Gasteiger partial charge in [-0.1, -0.05) is 6.58 Å². The summed E-state index contributed by atoms with van der Waals surface area (Å²) in [6.07, 6.45) is 0. The minimum atomic E-state index is -3.97. The molecule has 0 saturated heterocycles. The Kier molecular flexibility index (Phi) is 4.86. The largest absolute Gasteiger partial charge is 0.455 e. The Morgan fingerprint density at radius 3 is 1.74 bits per heavy atom. The smallest absolute Gasteiger partial charge is 0.381 e. The first-order valence-corrected chi connectivity index (χ1v) is 5.71. The van der Waals surface area contributed by atoms with Gasteiger partial charge in [-0.25, -0.2) is 9.59 Å². The van der Waals surface area contributed by atoms with Crippen molar-refractivity contribution in [3.05, 3.63) is 12.2 Å². The van der Waals surface area contributed by atoms with Crippen LogP contribution in [0.2, 0.25) is 0 Å². The van der Waals surface area contributed by atoms with E-state index >= 15 is 0 Å². The molecule has 0 aromatic carbocycles. The van der Waals surface area contributed by atoms with Gasteiger partial charge in [0, 0.05) is 5.57 Å². The van der Waals surface area contributed by atoms with Gasteiger partial charge in [-0.15, -0.1) is 0 Å². The van der Waals surface area contributed by atoms with Crippen molar-refractivity contribution in [3.8, 4) is 0 Å². The van der Waals surface area contributed by atoms with Gasteiger partial charge in [-0.3, -0.25) is 0 Å². The zero-order valence-electron chi connectivity index (χ0n) is 12.1. The molecule has 0 heterocycles. The summed E-state index contributed by atoms with van der Waals surface area (Å²) in [6, 6.07) is 0. The molecule has 0 aliphatic rings. The number of rotatable bonds is 4. The van der Waals surface area contributed by atoms with Crippen molar-refractivity contribution < 1.29 is 27.8 Å². The van der Waals surface area contributed by atoms with Crippen molar-refractivity contribution in [1.29, 1.82) is 0 Å². The number of hydrogen-bond acceptors (Lipinski definition) is 4. The van der Waals surface area contributed by atoms with Gasteiger partial charge in [0.15, 0.2) is 5.60 Å². The number of carbonyl (C=O) groups excluding carboxylic acids is 2. The zero-order valence-corrected chi connectivity index (χ0v) is 12.1. The normalized spacial score (nSPS) is 12.8. The molecular formula is C13H20F2O4. The second-order valence-corrected chi connectivity index (χ2v) is 5.76. The van der Waals surface area contributed by atoms with E-state index in [0.717, 1.165) is 13.8 Å². The lowest BCUT2D eigenvalue weighted by atomic mass is 10.00. The SMILES string of the molecule is C=C(C)C(=O)OC(C)(C)C(F)(F)C(=O)OC(C)(C)C. The Morgan fingerprint density at radius 1 is 1.00 bits per heavy atom. The highest BCUT2D eigenvalue weighted by Crippen LogP contribution is 2.34. The van der Waals surface area contributed by atoms with Crippen molar-refractivity contribution in [2.24, 2.45) is 0 Å². The van der Waals surface area contributed by atoms with Crippen molar-refractivity contribution in [2.75, 3.05) is 0 Å². The highest BCUT2D eigenvalue weighted by Gasteiger charge is 2.58. The lowest BCUT2D eigenvalue weighted by Gasteiger charge is -2.33. The van der Waals surface area contributed by atoms with Crippen LogP contribution in [-0.4, -0.2) is 29.1 Å². The highest BCUT2D eigenvalue weighted by molar-refractivity contribution is 5.88. The van der Waals surface area contributed by atoms with E-state index in [9.17, 15) is 18.4 Å². The predicted octanol–water partition coefficient (Wildman–Crippen LogP) is 2.86. The van der Waals surface area contributed by atoms with E-state index in [2.05, 4.69) is 16.1 Å². The van der Waals surface area contributed by atoms with E-state index in [-0.39, 0.29) is 5.57 Å². The fourth-order valence-electron chi connectivity index (χ4n) is 0.971. The van der Waals surface area contributed by atoms with Gasteiger partial charge in [0.05, 0.1) is 0 Å². The summed E-state index contributed by atoms with van der Waals surface area (Å²) in [5.74, 6) is -6.70. The Hall–Kier alpha value is -1.46. The molecule has 0 aromatic rings. The third-order valence-electron chi connectivity index (χ3n) is 2.11. The Labute approximate surface area is 111 Å². The molecule has 0 bridgehead atoms. The Morgan fingerprint density at radius 2 is 1.42 bits per heavy atom. The van der Waals surface area contributed by atoms with Gasteiger partial charge in [0.1, 0.15) is 5.60 Å². The summed E-state index contributed by atoms with van der Waals surface area (Å²) in [7, 11) is 0. The first-order valence-electron chi connectivity index (χ1n) is 5.71. The van der Waals surface area contributed by atoms with Crippen LogP contribution in [0.5, 0.6) is 0 Å². The summed E-state index contributed by atoms with van der Waals surface area (Å²) >= 11 is 0. The van der Waals surface area contributed by atoms with Gasteiger partial charge in [0.25, 0.3) is 0 Å².